The van der Waals surface area contributed by atoms with Crippen molar-refractivity contribution in [2.75, 3.05) is 21.3 Å². The summed E-state index contributed by atoms with van der Waals surface area (Å²) in [5.41, 5.74) is 3.21. The van der Waals surface area contributed by atoms with Crippen molar-refractivity contribution in [3.8, 4) is 11.5 Å². The topological polar surface area (TPSA) is 38.8 Å². The predicted molar refractivity (Wildman–Crippen MR) is 101 cm³/mol. The van der Waals surface area contributed by atoms with Crippen LogP contribution in [-0.4, -0.2) is 32.1 Å². The van der Waals surface area contributed by atoms with Crippen molar-refractivity contribution in [2.45, 2.75) is 19.9 Å². The quantitative estimate of drug-likeness (QED) is 0.717. The molecule has 2 aromatic rings. The van der Waals surface area contributed by atoms with Crippen molar-refractivity contribution in [2.24, 2.45) is 0 Å². The van der Waals surface area contributed by atoms with Gasteiger partial charge in [-0.3, -0.25) is 4.79 Å². The minimum absolute atomic E-state index is 0.0653. The van der Waals surface area contributed by atoms with Crippen LogP contribution < -0.4 is 9.47 Å². The van der Waals surface area contributed by atoms with Gasteiger partial charge in [-0.25, -0.2) is 0 Å². The van der Waals surface area contributed by atoms with E-state index in [-0.39, 0.29) is 5.91 Å². The van der Waals surface area contributed by atoms with Gasteiger partial charge >= 0.3 is 0 Å². The highest BCUT2D eigenvalue weighted by Gasteiger charge is 2.07. The van der Waals surface area contributed by atoms with Gasteiger partial charge in [0, 0.05) is 25.2 Å². The van der Waals surface area contributed by atoms with E-state index in [1.165, 1.54) is 5.56 Å². The number of nitrogens with zero attached hydrogens (tertiary/aromatic N) is 1. The first-order valence-corrected chi connectivity index (χ1v) is 8.30. The van der Waals surface area contributed by atoms with Crippen LogP contribution in [-0.2, 0) is 17.8 Å². The number of aryl methyl sites for hydroxylation is 1. The standard InChI is InChI=1S/C21H25NO3/c1-5-16-6-8-17(9-7-16)15-22(2)21(23)13-10-18-14-19(24-3)11-12-20(18)25-4/h6-14H,5,15H2,1-4H3/b13-10+. The van der Waals surface area contributed by atoms with E-state index in [4.69, 9.17) is 9.47 Å². The molecule has 0 fully saturated rings. The minimum Gasteiger partial charge on any atom is -0.497 e. The third kappa shape index (κ3) is 5.11. The number of hydrogen-bond donors (Lipinski definition) is 0. The van der Waals surface area contributed by atoms with E-state index in [1.54, 1.807) is 38.3 Å². The zero-order chi connectivity index (χ0) is 18.2. The predicted octanol–water partition coefficient (Wildman–Crippen LogP) is 3.94. The Balaban J connectivity index is 2.05. The van der Waals surface area contributed by atoms with E-state index in [9.17, 15) is 4.79 Å². The SMILES string of the molecule is CCc1ccc(CN(C)C(=O)/C=C/c2cc(OC)ccc2OC)cc1. The molecule has 4 nitrogen and oxygen atoms in total. The number of amides is 1. The second-order valence-electron chi connectivity index (χ2n) is 5.81. The molecule has 0 atom stereocenters. The number of ether oxygens (including phenoxy) is 2. The summed E-state index contributed by atoms with van der Waals surface area (Å²) in [6, 6.07) is 13.8. The lowest BCUT2D eigenvalue weighted by Crippen LogP contribution is -2.24. The molecule has 0 heterocycles. The summed E-state index contributed by atoms with van der Waals surface area (Å²) < 4.78 is 10.5. The van der Waals surface area contributed by atoms with Gasteiger partial charge in [0.15, 0.2) is 0 Å². The monoisotopic (exact) mass is 339 g/mol. The minimum atomic E-state index is -0.0653. The van der Waals surface area contributed by atoms with Gasteiger partial charge in [0.05, 0.1) is 14.2 Å². The molecule has 0 aromatic heterocycles. The van der Waals surface area contributed by atoms with E-state index >= 15 is 0 Å². The van der Waals surface area contributed by atoms with Crippen LogP contribution in [0.3, 0.4) is 0 Å². The molecule has 132 valence electrons. The first kappa shape index (κ1) is 18.6. The third-order valence-electron chi connectivity index (χ3n) is 4.07. The molecule has 0 bridgehead atoms. The van der Waals surface area contributed by atoms with Crippen molar-refractivity contribution in [1.29, 1.82) is 0 Å². The number of methoxy groups -OCH3 is 2. The molecule has 4 heteroatoms. The number of benzene rings is 2. The molecule has 0 aliphatic carbocycles. The lowest BCUT2D eigenvalue weighted by atomic mass is 10.1. The fraction of sp³-hybridized carbons (Fsp3) is 0.286. The van der Waals surface area contributed by atoms with Crippen molar-refractivity contribution in [1.82, 2.24) is 4.90 Å². The molecule has 0 aliphatic rings. The van der Waals surface area contributed by atoms with Crippen LogP contribution in [0.25, 0.3) is 6.08 Å². The smallest absolute Gasteiger partial charge is 0.246 e. The molecule has 0 aliphatic heterocycles. The third-order valence-corrected chi connectivity index (χ3v) is 4.07. The Bertz CT molecular complexity index is 735. The Hall–Kier alpha value is -2.75. The van der Waals surface area contributed by atoms with Crippen LogP contribution in [0.1, 0.15) is 23.6 Å². The molecule has 0 saturated heterocycles. The Morgan fingerprint density at radius 1 is 1.04 bits per heavy atom. The average Bonchev–Trinajstić information content (AvgIpc) is 2.66. The zero-order valence-corrected chi connectivity index (χ0v) is 15.3. The Morgan fingerprint density at radius 2 is 1.72 bits per heavy atom. The first-order valence-electron chi connectivity index (χ1n) is 8.30. The van der Waals surface area contributed by atoms with Gasteiger partial charge in [-0.05, 0) is 41.8 Å². The summed E-state index contributed by atoms with van der Waals surface area (Å²) in [7, 11) is 5.01. The fourth-order valence-electron chi connectivity index (χ4n) is 2.49. The normalized spacial score (nSPS) is 10.7. The maximum absolute atomic E-state index is 12.4. The Morgan fingerprint density at radius 3 is 2.32 bits per heavy atom. The number of carbonyl (C=O) groups excluding carboxylic acids is 1. The Kier molecular flexibility index (Phi) is 6.63. The van der Waals surface area contributed by atoms with Gasteiger partial charge in [-0.1, -0.05) is 31.2 Å². The van der Waals surface area contributed by atoms with Crippen LogP contribution in [0.15, 0.2) is 48.5 Å². The van der Waals surface area contributed by atoms with Gasteiger partial charge in [0.25, 0.3) is 0 Å². The van der Waals surface area contributed by atoms with Crippen molar-refractivity contribution in [3.63, 3.8) is 0 Å². The summed E-state index contributed by atoms with van der Waals surface area (Å²) in [5, 5.41) is 0. The fourth-order valence-corrected chi connectivity index (χ4v) is 2.49. The lowest BCUT2D eigenvalue weighted by Gasteiger charge is -2.15. The second kappa shape index (κ2) is 8.92. The summed E-state index contributed by atoms with van der Waals surface area (Å²) in [6.07, 6.45) is 4.32. The number of carbonyl (C=O) groups is 1. The van der Waals surface area contributed by atoms with Crippen molar-refractivity contribution in [3.05, 3.63) is 65.2 Å². The first-order chi connectivity index (χ1) is 12.1. The lowest BCUT2D eigenvalue weighted by molar-refractivity contribution is -0.125. The molecular formula is C21H25NO3. The summed E-state index contributed by atoms with van der Waals surface area (Å²) in [5.74, 6) is 1.35. The van der Waals surface area contributed by atoms with Gasteiger partial charge in [-0.15, -0.1) is 0 Å². The van der Waals surface area contributed by atoms with Crippen LogP contribution in [0.4, 0.5) is 0 Å². The molecule has 1 amide bonds. The largest absolute Gasteiger partial charge is 0.497 e. The van der Waals surface area contributed by atoms with Gasteiger partial charge in [0.1, 0.15) is 11.5 Å². The summed E-state index contributed by atoms with van der Waals surface area (Å²) >= 11 is 0. The number of likely N-dealkylation sites (N-methyl/N-ethyl adjacent to an activating group) is 1. The highest BCUT2D eigenvalue weighted by Crippen LogP contribution is 2.25. The Labute approximate surface area is 149 Å². The van der Waals surface area contributed by atoms with Crippen LogP contribution in [0.5, 0.6) is 11.5 Å². The highest BCUT2D eigenvalue weighted by atomic mass is 16.5. The van der Waals surface area contributed by atoms with E-state index < -0.39 is 0 Å². The molecule has 0 spiro atoms. The highest BCUT2D eigenvalue weighted by molar-refractivity contribution is 5.92. The van der Waals surface area contributed by atoms with Crippen LogP contribution in [0.2, 0.25) is 0 Å². The maximum Gasteiger partial charge on any atom is 0.246 e. The zero-order valence-electron chi connectivity index (χ0n) is 15.3. The van der Waals surface area contributed by atoms with Gasteiger partial charge in [-0.2, -0.15) is 0 Å². The molecule has 0 saturated carbocycles. The summed E-state index contributed by atoms with van der Waals surface area (Å²) in [6.45, 7) is 2.70. The van der Waals surface area contributed by atoms with E-state index in [0.29, 0.717) is 12.3 Å². The van der Waals surface area contributed by atoms with Gasteiger partial charge in [0.2, 0.25) is 5.91 Å². The second-order valence-corrected chi connectivity index (χ2v) is 5.81. The number of rotatable bonds is 7. The average molecular weight is 339 g/mol. The van der Waals surface area contributed by atoms with Crippen molar-refractivity contribution < 1.29 is 14.3 Å². The van der Waals surface area contributed by atoms with E-state index in [0.717, 1.165) is 23.3 Å². The number of hydrogen-bond acceptors (Lipinski definition) is 3. The molecule has 2 rings (SSSR count). The van der Waals surface area contributed by atoms with E-state index in [2.05, 4.69) is 31.2 Å². The molecule has 0 radical (unpaired) electrons. The van der Waals surface area contributed by atoms with Crippen LogP contribution in [0, 0.1) is 0 Å². The molecular weight excluding hydrogens is 314 g/mol. The summed E-state index contributed by atoms with van der Waals surface area (Å²) in [4.78, 5) is 14.0. The van der Waals surface area contributed by atoms with Crippen molar-refractivity contribution >= 4 is 12.0 Å². The van der Waals surface area contributed by atoms with E-state index in [1.807, 2.05) is 18.2 Å². The van der Waals surface area contributed by atoms with Crippen LogP contribution >= 0.6 is 0 Å². The molecule has 25 heavy (non-hydrogen) atoms. The van der Waals surface area contributed by atoms with Gasteiger partial charge < -0.3 is 14.4 Å². The maximum atomic E-state index is 12.4. The molecule has 0 N–H and O–H groups in total. The molecule has 2 aromatic carbocycles. The molecule has 0 unspecified atom stereocenters.